The highest BCUT2D eigenvalue weighted by Crippen LogP contribution is 2.38. The lowest BCUT2D eigenvalue weighted by Gasteiger charge is -2.16. The average molecular weight is 299 g/mol. The van der Waals surface area contributed by atoms with E-state index in [9.17, 15) is 13.2 Å². The fraction of sp³-hybridized carbons (Fsp3) is 0.600. The van der Waals surface area contributed by atoms with Crippen LogP contribution in [0.3, 0.4) is 0 Å². The first-order chi connectivity index (χ1) is 9.66. The van der Waals surface area contributed by atoms with Crippen LogP contribution in [0, 0.1) is 0 Å². The second-order valence-corrected chi connectivity index (χ2v) is 5.76. The summed E-state index contributed by atoms with van der Waals surface area (Å²) in [7, 11) is 1.72. The molecule has 2 aromatic heterocycles. The largest absolute Gasteiger partial charge is 0.418 e. The summed E-state index contributed by atoms with van der Waals surface area (Å²) in [5.41, 5.74) is 0.637. The molecule has 1 unspecified atom stereocenters. The van der Waals surface area contributed by atoms with E-state index in [2.05, 4.69) is 10.1 Å². The first kappa shape index (κ1) is 15.8. The molecule has 6 heteroatoms. The second-order valence-electron chi connectivity index (χ2n) is 5.76. The van der Waals surface area contributed by atoms with Crippen molar-refractivity contribution in [2.45, 2.75) is 52.1 Å². The highest BCUT2D eigenvalue weighted by molar-refractivity contribution is 5.80. The van der Waals surface area contributed by atoms with Crippen molar-refractivity contribution >= 4 is 11.0 Å². The first-order valence-corrected chi connectivity index (χ1v) is 7.11. The topological polar surface area (TPSA) is 30.7 Å². The van der Waals surface area contributed by atoms with Gasteiger partial charge in [-0.1, -0.05) is 27.7 Å². The van der Waals surface area contributed by atoms with Crippen LogP contribution in [0.15, 0.2) is 6.07 Å². The second kappa shape index (κ2) is 5.31. The van der Waals surface area contributed by atoms with Crippen molar-refractivity contribution in [2.24, 2.45) is 7.05 Å². The molecule has 2 heterocycles. The van der Waals surface area contributed by atoms with Gasteiger partial charge in [0.15, 0.2) is 5.65 Å². The summed E-state index contributed by atoms with van der Waals surface area (Å²) in [6.07, 6.45) is -3.79. The van der Waals surface area contributed by atoms with Crippen molar-refractivity contribution in [3.05, 3.63) is 23.0 Å². The molecule has 0 aliphatic carbocycles. The minimum Gasteiger partial charge on any atom is -0.250 e. The molecule has 2 rings (SSSR count). The Kier molecular flexibility index (Phi) is 4.00. The van der Waals surface area contributed by atoms with Gasteiger partial charge in [-0.3, -0.25) is 4.68 Å². The molecule has 1 atom stereocenters. The van der Waals surface area contributed by atoms with Gasteiger partial charge in [0, 0.05) is 12.4 Å². The monoisotopic (exact) mass is 299 g/mol. The highest BCUT2D eigenvalue weighted by Gasteiger charge is 2.36. The maximum Gasteiger partial charge on any atom is 0.418 e. The van der Waals surface area contributed by atoms with Gasteiger partial charge in [0.05, 0.1) is 17.0 Å². The van der Waals surface area contributed by atoms with Crippen LogP contribution in [0.25, 0.3) is 11.0 Å². The molecule has 0 saturated heterocycles. The maximum atomic E-state index is 13.3. The molecule has 0 spiro atoms. The minimum absolute atomic E-state index is 0.0473. The summed E-state index contributed by atoms with van der Waals surface area (Å²) in [6.45, 7) is 7.46. The Morgan fingerprint density at radius 1 is 1.19 bits per heavy atom. The molecule has 0 aromatic carbocycles. The Hall–Kier alpha value is -1.59. The van der Waals surface area contributed by atoms with Crippen LogP contribution in [0.5, 0.6) is 0 Å². The van der Waals surface area contributed by atoms with Gasteiger partial charge in [-0.15, -0.1) is 0 Å². The molecule has 0 N–H and O–H groups in total. The predicted octanol–water partition coefficient (Wildman–Crippen LogP) is 4.62. The molecule has 2 aromatic rings. The molecule has 0 radical (unpaired) electrons. The van der Waals surface area contributed by atoms with Crippen LogP contribution < -0.4 is 0 Å². The summed E-state index contributed by atoms with van der Waals surface area (Å²) in [5, 5.41) is 4.82. The molecule has 0 amide bonds. The summed E-state index contributed by atoms with van der Waals surface area (Å²) in [4.78, 5) is 4.30. The number of nitrogens with zero attached hydrogens (tertiary/aromatic N) is 3. The Morgan fingerprint density at radius 2 is 1.81 bits per heavy atom. The van der Waals surface area contributed by atoms with Gasteiger partial charge >= 0.3 is 6.18 Å². The van der Waals surface area contributed by atoms with Crippen molar-refractivity contribution in [3.63, 3.8) is 0 Å². The molecule has 0 aliphatic rings. The molecule has 0 bridgehead atoms. The quantitative estimate of drug-likeness (QED) is 0.827. The lowest BCUT2D eigenvalue weighted by Crippen LogP contribution is -2.13. The summed E-state index contributed by atoms with van der Waals surface area (Å²) >= 11 is 0. The van der Waals surface area contributed by atoms with Crippen molar-refractivity contribution in [3.8, 4) is 0 Å². The number of halogens is 3. The normalized spacial score (nSPS) is 14.1. The molecule has 0 saturated carbocycles. The Labute approximate surface area is 122 Å². The van der Waals surface area contributed by atoms with Gasteiger partial charge in [0.2, 0.25) is 0 Å². The number of hydrogen-bond donors (Lipinski definition) is 0. The average Bonchev–Trinajstić information content (AvgIpc) is 2.73. The number of aryl methyl sites for hydroxylation is 1. The number of rotatable bonds is 3. The van der Waals surface area contributed by atoms with Crippen molar-refractivity contribution in [1.82, 2.24) is 14.8 Å². The standard InChI is InChI=1S/C15H20F3N3/c1-6-9(4)13-11(15(16,17)18)7-10-12(8(2)3)20-21(5)14(10)19-13/h7-9H,6H2,1-5H3. The van der Waals surface area contributed by atoms with Gasteiger partial charge in [-0.2, -0.15) is 18.3 Å². The van der Waals surface area contributed by atoms with Crippen molar-refractivity contribution < 1.29 is 13.2 Å². The van der Waals surface area contributed by atoms with Crippen LogP contribution in [-0.2, 0) is 13.2 Å². The van der Waals surface area contributed by atoms with Gasteiger partial charge in [0.1, 0.15) is 0 Å². The molecular formula is C15H20F3N3. The van der Waals surface area contributed by atoms with Crippen molar-refractivity contribution in [2.75, 3.05) is 0 Å². The van der Waals surface area contributed by atoms with Crippen LogP contribution in [0.2, 0.25) is 0 Å². The maximum absolute atomic E-state index is 13.3. The lowest BCUT2D eigenvalue weighted by molar-refractivity contribution is -0.138. The third kappa shape index (κ3) is 2.76. The summed E-state index contributed by atoms with van der Waals surface area (Å²) in [5.74, 6) is -0.200. The molecular weight excluding hydrogens is 279 g/mol. The Morgan fingerprint density at radius 3 is 2.29 bits per heavy atom. The van der Waals surface area contributed by atoms with Gasteiger partial charge in [-0.25, -0.2) is 4.98 Å². The predicted molar refractivity (Wildman–Crippen MR) is 76.3 cm³/mol. The number of fused-ring (bicyclic) bond motifs is 1. The Balaban J connectivity index is 2.82. The van der Waals surface area contributed by atoms with Crippen LogP contribution in [-0.4, -0.2) is 14.8 Å². The molecule has 3 nitrogen and oxygen atoms in total. The SMILES string of the molecule is CCC(C)c1nc2c(cc1C(F)(F)F)c(C(C)C)nn2C. The number of pyridine rings is 1. The van der Waals surface area contributed by atoms with Crippen LogP contribution in [0.1, 0.15) is 62.9 Å². The van der Waals surface area contributed by atoms with Crippen molar-refractivity contribution in [1.29, 1.82) is 0 Å². The number of hydrogen-bond acceptors (Lipinski definition) is 2. The van der Waals surface area contributed by atoms with E-state index < -0.39 is 11.7 Å². The van der Waals surface area contributed by atoms with Crippen LogP contribution in [0.4, 0.5) is 13.2 Å². The number of alkyl halides is 3. The van der Waals surface area contributed by atoms with E-state index in [4.69, 9.17) is 0 Å². The molecule has 0 aliphatic heterocycles. The smallest absolute Gasteiger partial charge is 0.250 e. The fourth-order valence-corrected chi connectivity index (χ4v) is 2.44. The van der Waals surface area contributed by atoms with E-state index in [1.54, 1.807) is 18.7 Å². The summed E-state index contributed by atoms with van der Waals surface area (Å²) < 4.78 is 41.6. The highest BCUT2D eigenvalue weighted by atomic mass is 19.4. The third-order valence-electron chi connectivity index (χ3n) is 3.80. The van der Waals surface area contributed by atoms with E-state index in [0.29, 0.717) is 23.1 Å². The van der Waals surface area contributed by atoms with E-state index in [-0.39, 0.29) is 17.5 Å². The molecule has 21 heavy (non-hydrogen) atoms. The first-order valence-electron chi connectivity index (χ1n) is 7.11. The lowest BCUT2D eigenvalue weighted by atomic mass is 9.97. The van der Waals surface area contributed by atoms with Gasteiger partial charge in [0.25, 0.3) is 0 Å². The van der Waals surface area contributed by atoms with E-state index in [1.165, 1.54) is 6.07 Å². The van der Waals surface area contributed by atoms with E-state index in [1.807, 2.05) is 20.8 Å². The van der Waals surface area contributed by atoms with Gasteiger partial charge in [-0.05, 0) is 24.3 Å². The van der Waals surface area contributed by atoms with E-state index in [0.717, 1.165) is 0 Å². The molecule has 0 fully saturated rings. The summed E-state index contributed by atoms with van der Waals surface area (Å²) in [6, 6.07) is 1.21. The zero-order valence-corrected chi connectivity index (χ0v) is 12.9. The third-order valence-corrected chi connectivity index (χ3v) is 3.80. The Bertz CT molecular complexity index is 656. The molecule has 116 valence electrons. The zero-order chi connectivity index (χ0) is 15.9. The zero-order valence-electron chi connectivity index (χ0n) is 12.9. The minimum atomic E-state index is -4.40. The fourth-order valence-electron chi connectivity index (χ4n) is 2.44. The van der Waals surface area contributed by atoms with E-state index >= 15 is 0 Å². The van der Waals surface area contributed by atoms with Gasteiger partial charge < -0.3 is 0 Å². The number of aromatic nitrogens is 3. The van der Waals surface area contributed by atoms with Crippen LogP contribution >= 0.6 is 0 Å².